The summed E-state index contributed by atoms with van der Waals surface area (Å²) in [6, 6.07) is 7.37. The minimum absolute atomic E-state index is 0.00221. The van der Waals surface area contributed by atoms with E-state index in [0.29, 0.717) is 22.8 Å². The highest BCUT2D eigenvalue weighted by Crippen LogP contribution is 2.37. The first-order valence-corrected chi connectivity index (χ1v) is 9.97. The van der Waals surface area contributed by atoms with Gasteiger partial charge in [-0.1, -0.05) is 0 Å². The Kier molecular flexibility index (Phi) is 4.95. The molecule has 0 saturated carbocycles. The number of rotatable bonds is 4. The van der Waals surface area contributed by atoms with Gasteiger partial charge in [0.2, 0.25) is 0 Å². The molecule has 0 bridgehead atoms. The van der Waals surface area contributed by atoms with Crippen LogP contribution in [0.2, 0.25) is 0 Å². The zero-order chi connectivity index (χ0) is 19.7. The Morgan fingerprint density at radius 1 is 1.21 bits per heavy atom. The summed E-state index contributed by atoms with van der Waals surface area (Å²) in [6.45, 7) is 2.64. The fourth-order valence-electron chi connectivity index (χ4n) is 3.48. The molecule has 1 fully saturated rings. The molecule has 3 aromatic heterocycles. The summed E-state index contributed by atoms with van der Waals surface area (Å²) in [4.78, 5) is 33.2. The largest absolute Gasteiger partial charge is 0.331 e. The Labute approximate surface area is 167 Å². The molecule has 0 spiro atoms. The van der Waals surface area contributed by atoms with Crippen LogP contribution in [0.1, 0.15) is 49.4 Å². The van der Waals surface area contributed by atoms with Crippen molar-refractivity contribution in [3.8, 4) is 0 Å². The van der Waals surface area contributed by atoms with Crippen molar-refractivity contribution in [1.82, 2.24) is 19.7 Å². The molecule has 1 saturated heterocycles. The van der Waals surface area contributed by atoms with E-state index in [1.165, 1.54) is 11.3 Å². The number of hydrogen-bond donors (Lipinski definition) is 1. The van der Waals surface area contributed by atoms with E-state index in [4.69, 9.17) is 0 Å². The van der Waals surface area contributed by atoms with E-state index in [1.54, 1.807) is 36.4 Å². The van der Waals surface area contributed by atoms with Crippen molar-refractivity contribution >= 4 is 29.0 Å². The highest BCUT2D eigenvalue weighted by atomic mass is 32.1. The van der Waals surface area contributed by atoms with Gasteiger partial charge in [-0.15, -0.1) is 11.3 Å². The molecular weight excluding hydrogens is 374 g/mol. The lowest BCUT2D eigenvalue weighted by molar-refractivity contribution is 0.0736. The van der Waals surface area contributed by atoms with Gasteiger partial charge in [0.15, 0.2) is 0 Å². The number of anilines is 1. The van der Waals surface area contributed by atoms with E-state index in [1.807, 2.05) is 30.0 Å². The number of nitrogens with one attached hydrogen (secondary N) is 1. The van der Waals surface area contributed by atoms with Gasteiger partial charge in [0.25, 0.3) is 11.8 Å². The molecule has 0 aromatic carbocycles. The van der Waals surface area contributed by atoms with Crippen LogP contribution >= 0.6 is 11.3 Å². The number of nitrogens with zero attached hydrogens (tertiary/aromatic N) is 4. The fraction of sp³-hybridized carbons (Fsp3) is 0.300. The fourth-order valence-corrected chi connectivity index (χ4v) is 4.53. The second kappa shape index (κ2) is 7.55. The Bertz CT molecular complexity index is 1030. The molecule has 0 aliphatic carbocycles. The van der Waals surface area contributed by atoms with Crippen molar-refractivity contribution in [2.45, 2.75) is 25.8 Å². The molecular formula is C20H21N5O2S. The number of amides is 2. The molecule has 144 valence electrons. The molecule has 1 atom stereocenters. The third kappa shape index (κ3) is 3.43. The summed E-state index contributed by atoms with van der Waals surface area (Å²) in [6.07, 6.45) is 6.81. The van der Waals surface area contributed by atoms with Gasteiger partial charge < -0.3 is 10.2 Å². The number of hydrogen-bond acceptors (Lipinski definition) is 5. The molecule has 1 unspecified atom stereocenters. The van der Waals surface area contributed by atoms with Gasteiger partial charge >= 0.3 is 0 Å². The van der Waals surface area contributed by atoms with Gasteiger partial charge in [0.05, 0.1) is 22.7 Å². The van der Waals surface area contributed by atoms with Crippen LogP contribution < -0.4 is 5.32 Å². The van der Waals surface area contributed by atoms with Gasteiger partial charge in [-0.3, -0.25) is 19.3 Å². The molecule has 4 rings (SSSR count). The zero-order valence-corrected chi connectivity index (χ0v) is 16.6. The van der Waals surface area contributed by atoms with Crippen LogP contribution in [-0.4, -0.2) is 38.0 Å². The number of pyridine rings is 1. The van der Waals surface area contributed by atoms with Crippen molar-refractivity contribution < 1.29 is 9.59 Å². The number of aryl methyl sites for hydroxylation is 2. The molecule has 8 heteroatoms. The minimum Gasteiger partial charge on any atom is -0.331 e. The average Bonchev–Trinajstić information content (AvgIpc) is 3.42. The lowest BCUT2D eigenvalue weighted by Gasteiger charge is -2.24. The summed E-state index contributed by atoms with van der Waals surface area (Å²) in [5, 5.41) is 6.91. The predicted molar refractivity (Wildman–Crippen MR) is 107 cm³/mol. The topological polar surface area (TPSA) is 80.1 Å². The van der Waals surface area contributed by atoms with Crippen LogP contribution in [0.25, 0.3) is 0 Å². The average molecular weight is 395 g/mol. The SMILES string of the molecule is Cc1ccncc1C(=O)N1CCCC1c1ccc(C(=O)Nc2ccnn2C)s1. The quantitative estimate of drug-likeness (QED) is 0.734. The highest BCUT2D eigenvalue weighted by molar-refractivity contribution is 7.14. The molecule has 1 N–H and O–H groups in total. The first-order valence-electron chi connectivity index (χ1n) is 9.15. The standard InChI is InChI=1S/C20H21N5O2S/c1-13-7-9-21-12-14(13)20(27)25-11-3-4-15(25)16-5-6-17(28-16)19(26)23-18-8-10-22-24(18)2/h5-10,12,15H,3-4,11H2,1-2H3,(H,23,26). The van der Waals surface area contributed by atoms with E-state index >= 15 is 0 Å². The van der Waals surface area contributed by atoms with E-state index in [-0.39, 0.29) is 17.9 Å². The summed E-state index contributed by atoms with van der Waals surface area (Å²) >= 11 is 1.44. The number of likely N-dealkylation sites (tertiary alicyclic amines) is 1. The third-order valence-corrected chi connectivity index (χ3v) is 6.21. The first kappa shape index (κ1) is 18.4. The van der Waals surface area contributed by atoms with E-state index in [2.05, 4.69) is 15.4 Å². The molecule has 7 nitrogen and oxygen atoms in total. The molecule has 4 heterocycles. The first-order chi connectivity index (χ1) is 13.5. The van der Waals surface area contributed by atoms with Gasteiger partial charge in [-0.05, 0) is 43.5 Å². The Hall–Kier alpha value is -3.00. The normalized spacial score (nSPS) is 16.4. The second-order valence-electron chi connectivity index (χ2n) is 6.84. The van der Waals surface area contributed by atoms with E-state index in [0.717, 1.165) is 23.3 Å². The molecule has 28 heavy (non-hydrogen) atoms. The van der Waals surface area contributed by atoms with Gasteiger partial charge in [-0.25, -0.2) is 0 Å². The van der Waals surface area contributed by atoms with Gasteiger partial charge in [0, 0.05) is 36.9 Å². The van der Waals surface area contributed by atoms with Crippen LogP contribution in [-0.2, 0) is 7.05 Å². The monoisotopic (exact) mass is 395 g/mol. The van der Waals surface area contributed by atoms with Crippen molar-refractivity contribution in [2.24, 2.45) is 7.05 Å². The summed E-state index contributed by atoms with van der Waals surface area (Å²) in [5.74, 6) is 0.478. The molecule has 3 aromatic rings. The van der Waals surface area contributed by atoms with E-state index in [9.17, 15) is 9.59 Å². The van der Waals surface area contributed by atoms with Gasteiger partial charge in [0.1, 0.15) is 5.82 Å². The number of aromatic nitrogens is 3. The van der Waals surface area contributed by atoms with Gasteiger partial charge in [-0.2, -0.15) is 5.10 Å². The summed E-state index contributed by atoms with van der Waals surface area (Å²) in [5.41, 5.74) is 1.56. The summed E-state index contributed by atoms with van der Waals surface area (Å²) < 4.78 is 1.61. The maximum Gasteiger partial charge on any atom is 0.266 e. The minimum atomic E-state index is -0.168. The van der Waals surface area contributed by atoms with E-state index < -0.39 is 0 Å². The smallest absolute Gasteiger partial charge is 0.266 e. The van der Waals surface area contributed by atoms with Crippen molar-refractivity contribution in [1.29, 1.82) is 0 Å². The maximum atomic E-state index is 13.0. The lowest BCUT2D eigenvalue weighted by atomic mass is 10.1. The molecule has 0 radical (unpaired) electrons. The van der Waals surface area contributed by atoms with Crippen LogP contribution in [0.15, 0.2) is 42.9 Å². The van der Waals surface area contributed by atoms with Crippen LogP contribution in [0.4, 0.5) is 5.82 Å². The third-order valence-electron chi connectivity index (χ3n) is 5.02. The Morgan fingerprint density at radius 2 is 2.07 bits per heavy atom. The van der Waals surface area contributed by atoms with Crippen LogP contribution in [0.5, 0.6) is 0 Å². The number of carbonyl (C=O) groups excluding carboxylic acids is 2. The van der Waals surface area contributed by atoms with Crippen molar-refractivity contribution in [2.75, 3.05) is 11.9 Å². The summed E-state index contributed by atoms with van der Waals surface area (Å²) in [7, 11) is 1.78. The predicted octanol–water partition coefficient (Wildman–Crippen LogP) is 3.41. The highest BCUT2D eigenvalue weighted by Gasteiger charge is 2.32. The van der Waals surface area contributed by atoms with Crippen LogP contribution in [0.3, 0.4) is 0 Å². The Balaban J connectivity index is 1.52. The number of thiophene rings is 1. The lowest BCUT2D eigenvalue weighted by Crippen LogP contribution is -2.30. The zero-order valence-electron chi connectivity index (χ0n) is 15.8. The van der Waals surface area contributed by atoms with Crippen molar-refractivity contribution in [3.63, 3.8) is 0 Å². The van der Waals surface area contributed by atoms with Crippen LogP contribution in [0, 0.1) is 6.92 Å². The second-order valence-corrected chi connectivity index (χ2v) is 7.96. The number of carbonyl (C=O) groups is 2. The molecule has 1 aliphatic rings. The Morgan fingerprint density at radius 3 is 2.82 bits per heavy atom. The molecule has 1 aliphatic heterocycles. The van der Waals surface area contributed by atoms with Crippen molar-refractivity contribution in [3.05, 3.63) is 63.7 Å². The maximum absolute atomic E-state index is 13.0. The molecule has 2 amide bonds.